The van der Waals surface area contributed by atoms with Gasteiger partial charge in [0.25, 0.3) is 5.91 Å². The molecule has 2 bridgehead atoms. The number of piperidine rings is 1. The molecule has 3 heterocycles. The molecular formula is C14H20F3N5O8S. The van der Waals surface area contributed by atoms with Crippen LogP contribution in [0.15, 0.2) is 0 Å². The number of hydrogen-bond donors (Lipinski definition) is 4. The molecule has 3 aliphatic rings. The van der Waals surface area contributed by atoms with Gasteiger partial charge in [-0.15, -0.1) is 4.28 Å². The molecule has 13 nitrogen and oxygen atoms in total. The Morgan fingerprint density at radius 3 is 2.65 bits per heavy atom. The lowest BCUT2D eigenvalue weighted by Crippen LogP contribution is -2.50. The Morgan fingerprint density at radius 1 is 1.29 bits per heavy atom. The van der Waals surface area contributed by atoms with E-state index in [-0.39, 0.29) is 39.0 Å². The summed E-state index contributed by atoms with van der Waals surface area (Å²) in [5, 5.41) is 5.20. The molecule has 31 heavy (non-hydrogen) atoms. The Morgan fingerprint density at radius 2 is 2.00 bits per heavy atom. The van der Waals surface area contributed by atoms with Gasteiger partial charge in [0.05, 0.1) is 12.6 Å². The van der Waals surface area contributed by atoms with Crippen LogP contribution >= 0.6 is 0 Å². The average molecular weight is 475 g/mol. The molecule has 176 valence electrons. The molecule has 0 aromatic carbocycles. The summed E-state index contributed by atoms with van der Waals surface area (Å²) in [6, 6.07) is -3.69. The van der Waals surface area contributed by atoms with Crippen LogP contribution in [0.3, 0.4) is 0 Å². The SMILES string of the molecule is O=C(NOC[C@@H]1C[C@@H](NC(=O)C(F)(F)F)CN1)C1CCC2CN1C(=O)N2OS(=O)(=O)O. The van der Waals surface area contributed by atoms with E-state index in [4.69, 9.17) is 9.39 Å². The van der Waals surface area contributed by atoms with E-state index >= 15 is 0 Å². The lowest BCUT2D eigenvalue weighted by atomic mass is 10.0. The van der Waals surface area contributed by atoms with Crippen molar-refractivity contribution >= 4 is 28.2 Å². The Hall–Kier alpha value is -2.21. The van der Waals surface area contributed by atoms with E-state index < -0.39 is 58.6 Å². The van der Waals surface area contributed by atoms with Crippen LogP contribution in [0.4, 0.5) is 18.0 Å². The zero-order valence-corrected chi connectivity index (χ0v) is 16.6. The lowest BCUT2D eigenvalue weighted by molar-refractivity contribution is -0.174. The van der Waals surface area contributed by atoms with Gasteiger partial charge in [0, 0.05) is 25.2 Å². The van der Waals surface area contributed by atoms with E-state index in [1.807, 2.05) is 5.32 Å². The van der Waals surface area contributed by atoms with Gasteiger partial charge in [0.15, 0.2) is 0 Å². The van der Waals surface area contributed by atoms with Crippen LogP contribution in [0.1, 0.15) is 19.3 Å². The molecule has 2 unspecified atom stereocenters. The van der Waals surface area contributed by atoms with E-state index in [2.05, 4.69) is 15.1 Å². The normalized spacial score (nSPS) is 28.7. The van der Waals surface area contributed by atoms with Crippen LogP contribution in [-0.2, 0) is 29.1 Å². The first-order valence-electron chi connectivity index (χ1n) is 9.14. The van der Waals surface area contributed by atoms with Gasteiger partial charge in [-0.2, -0.15) is 26.7 Å². The van der Waals surface area contributed by atoms with Crippen LogP contribution in [0.25, 0.3) is 0 Å². The number of alkyl halides is 3. The molecule has 3 aliphatic heterocycles. The highest BCUT2D eigenvalue weighted by Gasteiger charge is 2.49. The number of hydrogen-bond acceptors (Lipinski definition) is 8. The molecule has 0 aliphatic carbocycles. The third-order valence-corrected chi connectivity index (χ3v) is 5.42. The molecule has 0 radical (unpaired) electrons. The van der Waals surface area contributed by atoms with Crippen LogP contribution in [0.5, 0.6) is 0 Å². The maximum atomic E-state index is 12.4. The summed E-state index contributed by atoms with van der Waals surface area (Å²) in [4.78, 5) is 41.7. The van der Waals surface area contributed by atoms with Gasteiger partial charge < -0.3 is 15.5 Å². The number of rotatable bonds is 7. The summed E-state index contributed by atoms with van der Waals surface area (Å²) < 4.78 is 71.6. The van der Waals surface area contributed by atoms with Crippen molar-refractivity contribution in [3.8, 4) is 0 Å². The van der Waals surface area contributed by atoms with E-state index in [1.165, 1.54) is 0 Å². The minimum absolute atomic E-state index is 0.0111. The number of carbonyl (C=O) groups excluding carboxylic acids is 3. The van der Waals surface area contributed by atoms with Crippen molar-refractivity contribution in [3.05, 3.63) is 0 Å². The predicted molar refractivity (Wildman–Crippen MR) is 91.9 cm³/mol. The molecule has 0 aromatic rings. The number of urea groups is 1. The van der Waals surface area contributed by atoms with E-state index in [0.29, 0.717) is 5.06 Å². The first-order valence-corrected chi connectivity index (χ1v) is 10.5. The minimum atomic E-state index is -4.98. The zero-order chi connectivity index (χ0) is 23.0. The average Bonchev–Trinajstić information content (AvgIpc) is 3.18. The Labute approximate surface area is 174 Å². The fraction of sp³-hybridized carbons (Fsp3) is 0.786. The zero-order valence-electron chi connectivity index (χ0n) is 15.8. The van der Waals surface area contributed by atoms with Crippen LogP contribution in [0.2, 0.25) is 0 Å². The maximum absolute atomic E-state index is 12.4. The smallest absolute Gasteiger partial charge is 0.344 e. The highest BCUT2D eigenvalue weighted by atomic mass is 32.3. The van der Waals surface area contributed by atoms with Gasteiger partial charge in [0.1, 0.15) is 6.04 Å². The number of nitrogens with one attached hydrogen (secondary N) is 3. The third kappa shape index (κ3) is 5.73. The molecular weight excluding hydrogens is 455 g/mol. The van der Waals surface area contributed by atoms with Crippen molar-refractivity contribution in [2.45, 2.75) is 49.6 Å². The van der Waals surface area contributed by atoms with Crippen molar-refractivity contribution < 1.29 is 49.6 Å². The second kappa shape index (κ2) is 8.73. The van der Waals surface area contributed by atoms with Gasteiger partial charge in [-0.3, -0.25) is 19.0 Å². The number of carbonyl (C=O) groups is 3. The molecule has 4 amide bonds. The van der Waals surface area contributed by atoms with Crippen molar-refractivity contribution in [3.63, 3.8) is 0 Å². The maximum Gasteiger partial charge on any atom is 0.471 e. The summed E-state index contributed by atoms with van der Waals surface area (Å²) in [5.74, 6) is -2.72. The minimum Gasteiger partial charge on any atom is -0.344 e. The van der Waals surface area contributed by atoms with Crippen molar-refractivity contribution in [1.82, 2.24) is 26.1 Å². The van der Waals surface area contributed by atoms with Gasteiger partial charge in [0.2, 0.25) is 0 Å². The molecule has 4 N–H and O–H groups in total. The predicted octanol–water partition coefficient (Wildman–Crippen LogP) is -1.55. The van der Waals surface area contributed by atoms with Crippen LogP contribution < -0.4 is 16.1 Å². The topological polar surface area (TPSA) is 167 Å². The fourth-order valence-electron chi connectivity index (χ4n) is 3.71. The van der Waals surface area contributed by atoms with E-state index in [1.54, 1.807) is 0 Å². The Kier molecular flexibility index (Phi) is 6.61. The van der Waals surface area contributed by atoms with Crippen molar-refractivity contribution in [2.24, 2.45) is 0 Å². The Balaban J connectivity index is 1.43. The lowest BCUT2D eigenvalue weighted by Gasteiger charge is -2.29. The van der Waals surface area contributed by atoms with Crippen molar-refractivity contribution in [2.75, 3.05) is 19.7 Å². The highest BCUT2D eigenvalue weighted by molar-refractivity contribution is 7.80. The molecule has 17 heteroatoms. The van der Waals surface area contributed by atoms with E-state index in [9.17, 15) is 36.0 Å². The molecule has 0 saturated carbocycles. The Bertz CT molecular complexity index is 840. The first kappa shape index (κ1) is 23.5. The fourth-order valence-corrected chi connectivity index (χ4v) is 4.10. The first-order chi connectivity index (χ1) is 14.3. The molecule has 0 aromatic heterocycles. The molecule has 3 saturated heterocycles. The van der Waals surface area contributed by atoms with Crippen molar-refractivity contribution in [1.29, 1.82) is 0 Å². The van der Waals surface area contributed by atoms with Gasteiger partial charge >= 0.3 is 28.5 Å². The molecule has 0 spiro atoms. The molecule has 4 atom stereocenters. The van der Waals surface area contributed by atoms with E-state index in [0.717, 1.165) is 4.90 Å². The summed E-state index contributed by atoms with van der Waals surface area (Å²) in [5.41, 5.74) is 2.16. The largest absolute Gasteiger partial charge is 0.471 e. The van der Waals surface area contributed by atoms with Crippen LogP contribution in [0, 0.1) is 0 Å². The monoisotopic (exact) mass is 475 g/mol. The highest BCUT2D eigenvalue weighted by Crippen LogP contribution is 2.30. The third-order valence-electron chi connectivity index (χ3n) is 5.07. The number of amides is 4. The summed E-state index contributed by atoms with van der Waals surface area (Å²) in [6.45, 7) is 0.00228. The summed E-state index contributed by atoms with van der Waals surface area (Å²) >= 11 is 0. The second-order valence-electron chi connectivity index (χ2n) is 7.30. The number of nitrogens with zero attached hydrogens (tertiary/aromatic N) is 2. The van der Waals surface area contributed by atoms with Gasteiger partial charge in [-0.1, -0.05) is 0 Å². The number of hydroxylamine groups is 3. The molecule has 3 fully saturated rings. The van der Waals surface area contributed by atoms with Crippen LogP contribution in [-0.4, -0.2) is 90.8 Å². The molecule has 3 rings (SSSR count). The summed E-state index contributed by atoms with van der Waals surface area (Å²) in [6.07, 6.45) is -4.41. The summed E-state index contributed by atoms with van der Waals surface area (Å²) in [7, 11) is -4.90. The second-order valence-corrected chi connectivity index (χ2v) is 8.30. The standard InChI is InChI=1S/C14H20F3N5O8S/c15-14(16,17)12(24)19-7-3-8(18-4-7)6-29-20-11(23)10-2-1-9-5-21(10)13(25)22(9)30-31(26,27)28/h7-10,18H,1-6H2,(H,19,24)(H,20,23)(H,26,27,28)/t7-,8+,9?,10?/m1/s1. The quantitative estimate of drug-likeness (QED) is 0.252. The number of halogens is 3. The number of fused-ring (bicyclic) bond motifs is 2. The van der Waals surface area contributed by atoms with Gasteiger partial charge in [-0.05, 0) is 19.3 Å². The van der Waals surface area contributed by atoms with Gasteiger partial charge in [-0.25, -0.2) is 10.3 Å².